The van der Waals surface area contributed by atoms with Gasteiger partial charge in [0.15, 0.2) is 0 Å². The zero-order valence-electron chi connectivity index (χ0n) is 14.4. The van der Waals surface area contributed by atoms with Crippen molar-refractivity contribution < 1.29 is 0 Å². The molecule has 5 aliphatic rings. The third-order valence-electron chi connectivity index (χ3n) is 7.74. The Morgan fingerprint density at radius 1 is 0.762 bits per heavy atom. The predicted octanol–water partition coefficient (Wildman–Crippen LogP) is 4.86. The molecular weight excluding hydrogens is 254 g/mol. The van der Waals surface area contributed by atoms with Crippen LogP contribution in [-0.2, 0) is 0 Å². The van der Waals surface area contributed by atoms with Gasteiger partial charge in [-0.3, -0.25) is 0 Å². The van der Waals surface area contributed by atoms with E-state index in [2.05, 4.69) is 26.2 Å². The molecule has 1 nitrogen and oxygen atoms in total. The summed E-state index contributed by atoms with van der Waals surface area (Å²) in [5.41, 5.74) is 0.685. The molecule has 5 aliphatic carbocycles. The number of nitrogens with one attached hydrogen (secondary N) is 1. The van der Waals surface area contributed by atoms with E-state index in [4.69, 9.17) is 0 Å². The molecule has 0 aromatic heterocycles. The minimum absolute atomic E-state index is 0.685. The maximum Gasteiger partial charge on any atom is 0.0149 e. The lowest BCUT2D eigenvalue weighted by Crippen LogP contribution is -2.58. The van der Waals surface area contributed by atoms with Gasteiger partial charge in [-0.2, -0.15) is 0 Å². The fourth-order valence-electron chi connectivity index (χ4n) is 7.88. The summed E-state index contributed by atoms with van der Waals surface area (Å²) in [6.45, 7) is 4.99. The SMILES string of the molecule is CNC(C1CC(C)CC(C)C1)C12CC3CC(CC(C3)C1)C2. The third kappa shape index (κ3) is 2.48. The molecule has 21 heavy (non-hydrogen) atoms. The lowest BCUT2D eigenvalue weighted by Gasteiger charge is -2.61. The fourth-order valence-corrected chi connectivity index (χ4v) is 7.88. The maximum absolute atomic E-state index is 3.87. The highest BCUT2D eigenvalue weighted by Gasteiger charge is 2.55. The first-order chi connectivity index (χ1) is 10.1. The molecular formula is C20H35N. The highest BCUT2D eigenvalue weighted by Crippen LogP contribution is 2.62. The number of hydrogen-bond acceptors (Lipinski definition) is 1. The molecule has 0 aromatic carbocycles. The second-order valence-electron chi connectivity index (χ2n) is 9.72. The zero-order chi connectivity index (χ0) is 14.6. The quantitative estimate of drug-likeness (QED) is 0.782. The molecule has 0 heterocycles. The summed E-state index contributed by atoms with van der Waals surface area (Å²) in [5.74, 6) is 6.11. The van der Waals surface area contributed by atoms with Crippen molar-refractivity contribution in [2.45, 2.75) is 77.7 Å². The van der Waals surface area contributed by atoms with Gasteiger partial charge in [0.25, 0.3) is 0 Å². The van der Waals surface area contributed by atoms with Gasteiger partial charge in [-0.25, -0.2) is 0 Å². The maximum atomic E-state index is 3.87. The first-order valence-electron chi connectivity index (χ1n) is 9.75. The van der Waals surface area contributed by atoms with Gasteiger partial charge < -0.3 is 5.32 Å². The summed E-state index contributed by atoms with van der Waals surface area (Å²) in [6.07, 6.45) is 13.8. The summed E-state index contributed by atoms with van der Waals surface area (Å²) < 4.78 is 0. The van der Waals surface area contributed by atoms with Crippen LogP contribution in [0.25, 0.3) is 0 Å². The van der Waals surface area contributed by atoms with Gasteiger partial charge in [-0.1, -0.05) is 13.8 Å². The smallest absolute Gasteiger partial charge is 0.0149 e. The Bertz CT molecular complexity index is 342. The Labute approximate surface area is 131 Å². The molecule has 5 saturated carbocycles. The van der Waals surface area contributed by atoms with Gasteiger partial charge in [0.1, 0.15) is 0 Å². The predicted molar refractivity (Wildman–Crippen MR) is 89.1 cm³/mol. The summed E-state index contributed by atoms with van der Waals surface area (Å²) in [7, 11) is 2.27. The summed E-state index contributed by atoms with van der Waals surface area (Å²) in [6, 6.07) is 0.816. The molecule has 0 spiro atoms. The lowest BCUT2D eigenvalue weighted by atomic mass is 9.46. The van der Waals surface area contributed by atoms with E-state index in [0.717, 1.165) is 41.5 Å². The van der Waals surface area contributed by atoms with E-state index in [1.165, 1.54) is 19.3 Å². The molecule has 1 heteroatoms. The largest absolute Gasteiger partial charge is 0.316 e. The second-order valence-corrected chi connectivity index (χ2v) is 9.72. The zero-order valence-corrected chi connectivity index (χ0v) is 14.4. The molecule has 0 amide bonds. The van der Waals surface area contributed by atoms with Crippen LogP contribution in [0.1, 0.15) is 71.6 Å². The molecule has 0 saturated heterocycles. The van der Waals surface area contributed by atoms with Crippen molar-refractivity contribution in [3.63, 3.8) is 0 Å². The van der Waals surface area contributed by atoms with Crippen molar-refractivity contribution in [1.29, 1.82) is 0 Å². The van der Waals surface area contributed by atoms with E-state index in [1.54, 1.807) is 38.5 Å². The summed E-state index contributed by atoms with van der Waals surface area (Å²) in [5, 5.41) is 3.87. The van der Waals surface area contributed by atoms with E-state index in [1.807, 2.05) is 0 Å². The monoisotopic (exact) mass is 289 g/mol. The van der Waals surface area contributed by atoms with Crippen molar-refractivity contribution in [3.8, 4) is 0 Å². The highest BCUT2D eigenvalue weighted by atomic mass is 14.9. The fraction of sp³-hybridized carbons (Fsp3) is 1.00. The molecule has 5 rings (SSSR count). The Morgan fingerprint density at radius 2 is 1.24 bits per heavy atom. The van der Waals surface area contributed by atoms with Gasteiger partial charge >= 0.3 is 0 Å². The normalized spacial score (nSPS) is 53.9. The van der Waals surface area contributed by atoms with E-state index in [9.17, 15) is 0 Å². The van der Waals surface area contributed by atoms with Crippen LogP contribution in [-0.4, -0.2) is 13.1 Å². The van der Waals surface area contributed by atoms with Crippen LogP contribution in [0.3, 0.4) is 0 Å². The van der Waals surface area contributed by atoms with Crippen LogP contribution >= 0.6 is 0 Å². The van der Waals surface area contributed by atoms with E-state index in [-0.39, 0.29) is 0 Å². The second kappa shape index (κ2) is 5.25. The van der Waals surface area contributed by atoms with E-state index in [0.29, 0.717) is 5.41 Å². The Balaban J connectivity index is 1.57. The van der Waals surface area contributed by atoms with Crippen LogP contribution in [0.2, 0.25) is 0 Å². The summed E-state index contributed by atoms with van der Waals surface area (Å²) in [4.78, 5) is 0. The van der Waals surface area contributed by atoms with Crippen LogP contribution < -0.4 is 5.32 Å². The molecule has 0 aromatic rings. The Hall–Kier alpha value is -0.0400. The van der Waals surface area contributed by atoms with Gasteiger partial charge in [0, 0.05) is 6.04 Å². The molecule has 1 N–H and O–H groups in total. The minimum Gasteiger partial charge on any atom is -0.316 e. The van der Waals surface area contributed by atoms with Crippen molar-refractivity contribution in [2.75, 3.05) is 7.05 Å². The van der Waals surface area contributed by atoms with Crippen LogP contribution in [0.15, 0.2) is 0 Å². The van der Waals surface area contributed by atoms with Gasteiger partial charge in [-0.05, 0) is 106 Å². The Kier molecular flexibility index (Phi) is 3.64. The van der Waals surface area contributed by atoms with Crippen molar-refractivity contribution in [3.05, 3.63) is 0 Å². The molecule has 0 radical (unpaired) electrons. The van der Waals surface area contributed by atoms with Crippen LogP contribution in [0.4, 0.5) is 0 Å². The van der Waals surface area contributed by atoms with Crippen LogP contribution in [0, 0.1) is 40.9 Å². The highest BCUT2D eigenvalue weighted by molar-refractivity contribution is 5.07. The minimum atomic E-state index is 0.685. The first-order valence-corrected chi connectivity index (χ1v) is 9.75. The molecule has 0 aliphatic heterocycles. The Morgan fingerprint density at radius 3 is 1.67 bits per heavy atom. The van der Waals surface area contributed by atoms with Crippen LogP contribution in [0.5, 0.6) is 0 Å². The number of rotatable bonds is 3. The average molecular weight is 290 g/mol. The molecule has 120 valence electrons. The topological polar surface area (TPSA) is 12.0 Å². The molecule has 5 fully saturated rings. The van der Waals surface area contributed by atoms with Gasteiger partial charge in [0.05, 0.1) is 0 Å². The lowest BCUT2D eigenvalue weighted by molar-refractivity contribution is -0.0895. The average Bonchev–Trinajstić information content (AvgIpc) is 2.36. The molecule has 3 unspecified atom stereocenters. The van der Waals surface area contributed by atoms with Crippen molar-refractivity contribution >= 4 is 0 Å². The van der Waals surface area contributed by atoms with Crippen molar-refractivity contribution in [2.24, 2.45) is 40.9 Å². The molecule has 3 atom stereocenters. The van der Waals surface area contributed by atoms with E-state index < -0.39 is 0 Å². The standard InChI is InChI=1S/C20H35N/c1-13-4-14(2)6-18(5-13)19(21-3)20-10-15-7-16(11-20)9-17(8-15)12-20/h13-19,21H,4-12H2,1-3H3. The summed E-state index contributed by atoms with van der Waals surface area (Å²) >= 11 is 0. The number of hydrogen-bond donors (Lipinski definition) is 1. The first kappa shape index (κ1) is 14.5. The third-order valence-corrected chi connectivity index (χ3v) is 7.74. The van der Waals surface area contributed by atoms with Gasteiger partial charge in [0.2, 0.25) is 0 Å². The van der Waals surface area contributed by atoms with Gasteiger partial charge in [-0.15, -0.1) is 0 Å². The molecule has 4 bridgehead atoms. The van der Waals surface area contributed by atoms with Crippen molar-refractivity contribution in [1.82, 2.24) is 5.32 Å². The van der Waals surface area contributed by atoms with E-state index >= 15 is 0 Å².